The van der Waals surface area contributed by atoms with Crippen LogP contribution >= 0.6 is 11.8 Å². The van der Waals surface area contributed by atoms with Gasteiger partial charge in [0.1, 0.15) is 6.04 Å². The van der Waals surface area contributed by atoms with Gasteiger partial charge in [0.2, 0.25) is 5.91 Å². The molecule has 0 radical (unpaired) electrons. The molecule has 28 heavy (non-hydrogen) atoms. The Balaban J connectivity index is 1.73. The molecule has 0 bridgehead atoms. The molecule has 1 heterocycles. The Morgan fingerprint density at radius 1 is 1.21 bits per heavy atom. The fourth-order valence-corrected chi connectivity index (χ4v) is 5.63. The van der Waals surface area contributed by atoms with Crippen LogP contribution in [0, 0.1) is 0 Å². The number of amides is 2. The average molecular weight is 403 g/mol. The van der Waals surface area contributed by atoms with Gasteiger partial charge in [0.05, 0.1) is 4.87 Å². The zero-order valence-electron chi connectivity index (χ0n) is 15.8. The van der Waals surface area contributed by atoms with Crippen LogP contribution in [-0.4, -0.2) is 44.5 Å². The number of nitrogens with zero attached hydrogens (tertiary/aromatic N) is 1. The van der Waals surface area contributed by atoms with E-state index in [-0.39, 0.29) is 11.8 Å². The number of aliphatic carboxylic acids is 1. The van der Waals surface area contributed by atoms with Crippen LogP contribution in [0.1, 0.15) is 55.3 Å². The number of carbonyl (C=O) groups excluding carboxylic acids is 2. The van der Waals surface area contributed by atoms with Crippen LogP contribution < -0.4 is 5.73 Å². The van der Waals surface area contributed by atoms with Gasteiger partial charge in [-0.1, -0.05) is 29.8 Å². The van der Waals surface area contributed by atoms with Gasteiger partial charge in [0.25, 0.3) is 5.91 Å². The van der Waals surface area contributed by atoms with Crippen LogP contribution in [0.2, 0.25) is 0 Å². The molecule has 1 saturated carbocycles. The van der Waals surface area contributed by atoms with Crippen LogP contribution in [-0.2, 0) is 9.59 Å². The molecule has 1 aliphatic heterocycles. The van der Waals surface area contributed by atoms with Crippen molar-refractivity contribution in [1.82, 2.24) is 4.90 Å². The molecule has 3 N–H and O–H groups in total. The lowest BCUT2D eigenvalue weighted by molar-refractivity contribution is -0.142. The van der Waals surface area contributed by atoms with Gasteiger partial charge in [0, 0.05) is 17.7 Å². The van der Waals surface area contributed by atoms with Gasteiger partial charge in [-0.25, -0.2) is 4.79 Å². The largest absolute Gasteiger partial charge is 0.480 e. The number of primary amides is 1. The van der Waals surface area contributed by atoms with Gasteiger partial charge < -0.3 is 15.7 Å². The SMILES string of the molecule is NC(=O)CCCC=C1CCC2(CC1)SCC(C(=O)O)N2C(=O)c1ccccc1. The molecule has 2 aliphatic rings. The van der Waals surface area contributed by atoms with Crippen molar-refractivity contribution in [2.24, 2.45) is 5.73 Å². The third kappa shape index (κ3) is 4.41. The predicted octanol–water partition coefficient (Wildman–Crippen LogP) is 3.18. The molecular weight excluding hydrogens is 376 g/mol. The Morgan fingerprint density at radius 2 is 1.89 bits per heavy atom. The van der Waals surface area contributed by atoms with E-state index in [4.69, 9.17) is 5.73 Å². The maximum absolute atomic E-state index is 13.2. The smallest absolute Gasteiger partial charge is 0.327 e. The number of carboxylic acids is 1. The maximum Gasteiger partial charge on any atom is 0.327 e. The molecule has 1 aromatic carbocycles. The van der Waals surface area contributed by atoms with E-state index in [2.05, 4.69) is 6.08 Å². The molecule has 1 aromatic rings. The number of thioether (sulfide) groups is 1. The molecule has 2 amide bonds. The van der Waals surface area contributed by atoms with E-state index in [1.165, 1.54) is 5.57 Å². The third-order valence-electron chi connectivity index (χ3n) is 5.52. The van der Waals surface area contributed by atoms with Crippen molar-refractivity contribution in [1.29, 1.82) is 0 Å². The first-order chi connectivity index (χ1) is 13.4. The topological polar surface area (TPSA) is 101 Å². The molecule has 1 atom stereocenters. The minimum absolute atomic E-state index is 0.202. The summed E-state index contributed by atoms with van der Waals surface area (Å²) in [7, 11) is 0. The predicted molar refractivity (Wildman–Crippen MR) is 109 cm³/mol. The Bertz CT molecular complexity index is 768. The summed E-state index contributed by atoms with van der Waals surface area (Å²) in [5.41, 5.74) is 7.02. The lowest BCUT2D eigenvalue weighted by Crippen LogP contribution is -2.53. The first-order valence-corrected chi connectivity index (χ1v) is 10.6. The van der Waals surface area contributed by atoms with Crippen molar-refractivity contribution in [2.75, 3.05) is 5.75 Å². The molecule has 7 heteroatoms. The summed E-state index contributed by atoms with van der Waals surface area (Å²) < 4.78 is 0. The second kappa shape index (κ2) is 8.82. The minimum Gasteiger partial charge on any atom is -0.480 e. The van der Waals surface area contributed by atoms with Crippen LogP contribution in [0.4, 0.5) is 0 Å². The zero-order chi connectivity index (χ0) is 20.1. The minimum atomic E-state index is -0.943. The average Bonchev–Trinajstić information content (AvgIpc) is 3.06. The van der Waals surface area contributed by atoms with E-state index in [1.807, 2.05) is 6.07 Å². The normalized spacial score (nSPS) is 24.4. The van der Waals surface area contributed by atoms with Gasteiger partial charge in [-0.15, -0.1) is 11.8 Å². The number of unbranched alkanes of at least 4 members (excludes halogenated alkanes) is 1. The summed E-state index contributed by atoms with van der Waals surface area (Å²) in [5, 5.41) is 9.68. The van der Waals surface area contributed by atoms with Crippen LogP contribution in [0.15, 0.2) is 42.0 Å². The number of carbonyl (C=O) groups is 3. The molecule has 3 rings (SSSR count). The highest BCUT2D eigenvalue weighted by atomic mass is 32.2. The molecule has 1 saturated heterocycles. The van der Waals surface area contributed by atoms with Crippen LogP contribution in [0.25, 0.3) is 0 Å². The standard InChI is InChI=1S/C21H26N2O4S/c22-18(24)9-5-4-6-15-10-12-21(13-11-15)23(17(14-28-21)20(26)27)19(25)16-7-2-1-3-8-16/h1-3,6-8,17H,4-5,9-14H2,(H2,22,24)(H,26,27). The van der Waals surface area contributed by atoms with E-state index < -0.39 is 16.9 Å². The van der Waals surface area contributed by atoms with E-state index in [1.54, 1.807) is 40.9 Å². The highest BCUT2D eigenvalue weighted by Gasteiger charge is 2.52. The van der Waals surface area contributed by atoms with Crippen LogP contribution in [0.3, 0.4) is 0 Å². The zero-order valence-corrected chi connectivity index (χ0v) is 16.6. The van der Waals surface area contributed by atoms with E-state index in [0.29, 0.717) is 17.7 Å². The van der Waals surface area contributed by atoms with Crippen molar-refractivity contribution in [3.63, 3.8) is 0 Å². The number of hydrogen-bond donors (Lipinski definition) is 2. The van der Waals surface area contributed by atoms with Gasteiger partial charge in [-0.3, -0.25) is 9.59 Å². The molecular formula is C21H26N2O4S. The second-order valence-electron chi connectivity index (χ2n) is 7.37. The van der Waals surface area contributed by atoms with Gasteiger partial charge in [-0.2, -0.15) is 0 Å². The molecule has 0 aromatic heterocycles. The van der Waals surface area contributed by atoms with Crippen LogP contribution in [0.5, 0.6) is 0 Å². The summed E-state index contributed by atoms with van der Waals surface area (Å²) in [6, 6.07) is 8.13. The summed E-state index contributed by atoms with van der Waals surface area (Å²) in [5.74, 6) is -1.00. The number of nitrogens with two attached hydrogens (primary N) is 1. The highest BCUT2D eigenvalue weighted by Crippen LogP contribution is 2.50. The van der Waals surface area contributed by atoms with E-state index in [9.17, 15) is 19.5 Å². The second-order valence-corrected chi connectivity index (χ2v) is 8.76. The van der Waals surface area contributed by atoms with Crippen molar-refractivity contribution >= 4 is 29.5 Å². The lowest BCUT2D eigenvalue weighted by atomic mass is 9.87. The maximum atomic E-state index is 13.2. The molecule has 150 valence electrons. The molecule has 1 unspecified atom stereocenters. The fraction of sp³-hybridized carbons (Fsp3) is 0.476. The highest BCUT2D eigenvalue weighted by molar-refractivity contribution is 8.01. The van der Waals surface area contributed by atoms with Crippen molar-refractivity contribution < 1.29 is 19.5 Å². The number of carboxylic acid groups (broad SMARTS) is 1. The first kappa shape index (κ1) is 20.5. The van der Waals surface area contributed by atoms with Crippen molar-refractivity contribution in [3.8, 4) is 0 Å². The van der Waals surface area contributed by atoms with E-state index >= 15 is 0 Å². The van der Waals surface area contributed by atoms with Gasteiger partial charge in [0.15, 0.2) is 0 Å². The Labute approximate surface area is 169 Å². The number of rotatable bonds is 6. The summed E-state index contributed by atoms with van der Waals surface area (Å²) in [6.45, 7) is 0. The van der Waals surface area contributed by atoms with Crippen molar-refractivity contribution in [3.05, 3.63) is 47.5 Å². The van der Waals surface area contributed by atoms with E-state index in [0.717, 1.165) is 38.5 Å². The van der Waals surface area contributed by atoms with Crippen molar-refractivity contribution in [2.45, 2.75) is 55.9 Å². The Hall–Kier alpha value is -2.28. The number of allylic oxidation sites excluding steroid dienone is 2. The van der Waals surface area contributed by atoms with Gasteiger partial charge >= 0.3 is 5.97 Å². The monoisotopic (exact) mass is 402 g/mol. The molecule has 2 fully saturated rings. The number of hydrogen-bond acceptors (Lipinski definition) is 4. The third-order valence-corrected chi connectivity index (χ3v) is 7.14. The molecule has 1 aliphatic carbocycles. The molecule has 6 nitrogen and oxygen atoms in total. The fourth-order valence-electron chi connectivity index (χ4n) is 4.02. The lowest BCUT2D eigenvalue weighted by Gasteiger charge is -2.42. The number of benzene rings is 1. The summed E-state index contributed by atoms with van der Waals surface area (Å²) >= 11 is 1.60. The summed E-state index contributed by atoms with van der Waals surface area (Å²) in [4.78, 5) is 37.0. The Kier molecular flexibility index (Phi) is 6.44. The quantitative estimate of drug-likeness (QED) is 0.562. The van der Waals surface area contributed by atoms with Gasteiger partial charge in [-0.05, 0) is 50.7 Å². The molecule has 1 spiro atoms. The Morgan fingerprint density at radius 3 is 2.50 bits per heavy atom. The summed E-state index contributed by atoms with van der Waals surface area (Å²) in [6.07, 6.45) is 7.32. The first-order valence-electron chi connectivity index (χ1n) is 9.65.